The number of anilines is 1. The number of hydrogen-bond donors (Lipinski definition) is 3. The Kier molecular flexibility index (Phi) is 5.66. The Labute approximate surface area is 102 Å². The highest BCUT2D eigenvalue weighted by molar-refractivity contribution is 5.94. The third-order valence-electron chi connectivity index (χ3n) is 2.64. The van der Waals surface area contributed by atoms with Crippen molar-refractivity contribution in [1.82, 2.24) is 5.32 Å². The van der Waals surface area contributed by atoms with E-state index in [1.807, 2.05) is 31.2 Å². The summed E-state index contributed by atoms with van der Waals surface area (Å²) in [6.45, 7) is 2.00. The van der Waals surface area contributed by atoms with Crippen LogP contribution in [0.25, 0.3) is 0 Å². The predicted octanol–water partition coefficient (Wildman–Crippen LogP) is 1.16. The number of carbonyl (C=O) groups is 1. The van der Waals surface area contributed by atoms with E-state index in [1.165, 1.54) is 0 Å². The summed E-state index contributed by atoms with van der Waals surface area (Å²) in [5.41, 5.74) is 1.92. The zero-order chi connectivity index (χ0) is 12.7. The van der Waals surface area contributed by atoms with E-state index in [1.54, 1.807) is 7.05 Å². The molecule has 0 fully saturated rings. The zero-order valence-corrected chi connectivity index (χ0v) is 10.4. The van der Waals surface area contributed by atoms with Crippen LogP contribution >= 0.6 is 0 Å². The van der Waals surface area contributed by atoms with Gasteiger partial charge in [0.05, 0.1) is 6.04 Å². The minimum Gasteiger partial charge on any atom is -0.396 e. The summed E-state index contributed by atoms with van der Waals surface area (Å²) >= 11 is 0. The van der Waals surface area contributed by atoms with Crippen molar-refractivity contribution in [1.29, 1.82) is 0 Å². The summed E-state index contributed by atoms with van der Waals surface area (Å²) in [5, 5.41) is 14.5. The van der Waals surface area contributed by atoms with Crippen LogP contribution in [0, 0.1) is 0 Å². The highest BCUT2D eigenvalue weighted by Crippen LogP contribution is 2.12. The van der Waals surface area contributed by atoms with Gasteiger partial charge in [0.2, 0.25) is 5.91 Å². The number of aryl methyl sites for hydroxylation is 1. The Morgan fingerprint density at radius 3 is 2.88 bits per heavy atom. The summed E-state index contributed by atoms with van der Waals surface area (Å²) in [7, 11) is 1.75. The molecule has 0 aliphatic heterocycles. The number of rotatable bonds is 6. The molecule has 1 aromatic rings. The van der Waals surface area contributed by atoms with Crippen LogP contribution in [0.5, 0.6) is 0 Å². The Bertz CT molecular complexity index is 366. The van der Waals surface area contributed by atoms with Crippen LogP contribution in [0.1, 0.15) is 18.9 Å². The first-order valence-electron chi connectivity index (χ1n) is 5.85. The lowest BCUT2D eigenvalue weighted by Crippen LogP contribution is -2.35. The van der Waals surface area contributed by atoms with Gasteiger partial charge in [-0.2, -0.15) is 0 Å². The summed E-state index contributed by atoms with van der Waals surface area (Å²) in [6.07, 6.45) is 1.56. The molecule has 0 spiro atoms. The summed E-state index contributed by atoms with van der Waals surface area (Å²) in [5.74, 6) is -0.0493. The predicted molar refractivity (Wildman–Crippen MR) is 69.0 cm³/mol. The minimum atomic E-state index is -0.212. The second-order valence-electron chi connectivity index (χ2n) is 4.03. The maximum Gasteiger partial charge on any atom is 0.241 e. The summed E-state index contributed by atoms with van der Waals surface area (Å²) in [6, 6.07) is 7.49. The molecule has 1 atom stereocenters. The van der Waals surface area contributed by atoms with Crippen molar-refractivity contribution >= 4 is 11.6 Å². The number of aliphatic hydroxyl groups is 1. The molecule has 0 saturated carbocycles. The number of amides is 1. The van der Waals surface area contributed by atoms with E-state index in [4.69, 9.17) is 5.11 Å². The molecule has 1 aromatic carbocycles. The van der Waals surface area contributed by atoms with Crippen molar-refractivity contribution in [2.75, 3.05) is 19.0 Å². The third-order valence-corrected chi connectivity index (χ3v) is 2.64. The first kappa shape index (κ1) is 13.7. The van der Waals surface area contributed by atoms with Crippen molar-refractivity contribution in [2.45, 2.75) is 25.8 Å². The lowest BCUT2D eigenvalue weighted by Gasteiger charge is -2.11. The van der Waals surface area contributed by atoms with Gasteiger partial charge in [0.1, 0.15) is 0 Å². The fraction of sp³-hybridized carbons (Fsp3) is 0.462. The quantitative estimate of drug-likeness (QED) is 0.694. The molecule has 0 bridgehead atoms. The molecule has 0 aliphatic rings. The van der Waals surface area contributed by atoms with Crippen molar-refractivity contribution < 1.29 is 9.90 Å². The van der Waals surface area contributed by atoms with Gasteiger partial charge in [-0.1, -0.05) is 12.1 Å². The number of hydrogen-bond acceptors (Lipinski definition) is 3. The van der Waals surface area contributed by atoms with Crippen LogP contribution in [0.3, 0.4) is 0 Å². The van der Waals surface area contributed by atoms with Crippen LogP contribution in [-0.4, -0.2) is 30.7 Å². The fourth-order valence-electron chi connectivity index (χ4n) is 1.47. The molecule has 1 rings (SSSR count). The summed E-state index contributed by atoms with van der Waals surface area (Å²) < 4.78 is 0. The zero-order valence-electron chi connectivity index (χ0n) is 10.4. The lowest BCUT2D eigenvalue weighted by molar-refractivity contribution is -0.117. The van der Waals surface area contributed by atoms with E-state index in [2.05, 4.69) is 10.6 Å². The second kappa shape index (κ2) is 7.04. The molecular formula is C13H20N2O2. The summed E-state index contributed by atoms with van der Waals surface area (Å²) in [4.78, 5) is 11.7. The van der Waals surface area contributed by atoms with Gasteiger partial charge in [0.25, 0.3) is 0 Å². The van der Waals surface area contributed by atoms with Crippen molar-refractivity contribution in [3.63, 3.8) is 0 Å². The van der Waals surface area contributed by atoms with Gasteiger partial charge in [-0.25, -0.2) is 0 Å². The van der Waals surface area contributed by atoms with Crippen LogP contribution in [-0.2, 0) is 11.2 Å². The van der Waals surface area contributed by atoms with E-state index in [0.717, 1.165) is 24.1 Å². The Hall–Kier alpha value is -1.39. The molecule has 0 aromatic heterocycles. The Morgan fingerprint density at radius 2 is 2.24 bits per heavy atom. The van der Waals surface area contributed by atoms with Crippen LogP contribution in [0.4, 0.5) is 5.69 Å². The molecule has 0 saturated heterocycles. The molecule has 1 unspecified atom stereocenters. The molecule has 0 aliphatic carbocycles. The fourth-order valence-corrected chi connectivity index (χ4v) is 1.47. The van der Waals surface area contributed by atoms with Gasteiger partial charge in [-0.15, -0.1) is 0 Å². The molecule has 4 heteroatoms. The SMILES string of the molecule is CNC(C)C(=O)Nc1cccc(CCCO)c1. The molecule has 4 nitrogen and oxygen atoms in total. The number of carbonyl (C=O) groups excluding carboxylic acids is 1. The molecule has 3 N–H and O–H groups in total. The molecule has 0 heterocycles. The van der Waals surface area contributed by atoms with Gasteiger partial charge >= 0.3 is 0 Å². The highest BCUT2D eigenvalue weighted by atomic mass is 16.2. The van der Waals surface area contributed by atoms with Crippen molar-refractivity contribution in [3.8, 4) is 0 Å². The molecule has 94 valence electrons. The first-order chi connectivity index (χ1) is 8.17. The van der Waals surface area contributed by atoms with Crippen LogP contribution in [0.2, 0.25) is 0 Å². The number of likely N-dealkylation sites (N-methyl/N-ethyl adjacent to an activating group) is 1. The average molecular weight is 236 g/mol. The van der Waals surface area contributed by atoms with Gasteiger partial charge in [0.15, 0.2) is 0 Å². The largest absolute Gasteiger partial charge is 0.396 e. The molecule has 17 heavy (non-hydrogen) atoms. The van der Waals surface area contributed by atoms with E-state index >= 15 is 0 Å². The third kappa shape index (κ3) is 4.54. The monoisotopic (exact) mass is 236 g/mol. The van der Waals surface area contributed by atoms with E-state index in [9.17, 15) is 4.79 Å². The Balaban J connectivity index is 2.62. The first-order valence-corrected chi connectivity index (χ1v) is 5.85. The van der Waals surface area contributed by atoms with Crippen LogP contribution < -0.4 is 10.6 Å². The number of aliphatic hydroxyl groups excluding tert-OH is 1. The molecular weight excluding hydrogens is 216 g/mol. The van der Waals surface area contributed by atoms with Gasteiger partial charge in [0, 0.05) is 12.3 Å². The van der Waals surface area contributed by atoms with E-state index in [-0.39, 0.29) is 18.6 Å². The maximum atomic E-state index is 11.7. The van der Waals surface area contributed by atoms with E-state index < -0.39 is 0 Å². The van der Waals surface area contributed by atoms with Crippen LogP contribution in [0.15, 0.2) is 24.3 Å². The minimum absolute atomic E-state index is 0.0493. The smallest absolute Gasteiger partial charge is 0.241 e. The van der Waals surface area contributed by atoms with Crippen molar-refractivity contribution in [3.05, 3.63) is 29.8 Å². The standard InChI is InChI=1S/C13H20N2O2/c1-10(14-2)13(17)15-12-7-3-5-11(9-12)6-4-8-16/h3,5,7,9-10,14,16H,4,6,8H2,1-2H3,(H,15,17). The lowest BCUT2D eigenvalue weighted by atomic mass is 10.1. The topological polar surface area (TPSA) is 61.4 Å². The average Bonchev–Trinajstić information content (AvgIpc) is 2.35. The second-order valence-corrected chi connectivity index (χ2v) is 4.03. The number of benzene rings is 1. The maximum absolute atomic E-state index is 11.7. The van der Waals surface area contributed by atoms with Crippen molar-refractivity contribution in [2.24, 2.45) is 0 Å². The van der Waals surface area contributed by atoms with Gasteiger partial charge < -0.3 is 15.7 Å². The molecule has 0 radical (unpaired) electrons. The highest BCUT2D eigenvalue weighted by Gasteiger charge is 2.09. The Morgan fingerprint density at radius 1 is 1.47 bits per heavy atom. The van der Waals surface area contributed by atoms with Gasteiger partial charge in [-0.3, -0.25) is 4.79 Å². The van der Waals surface area contributed by atoms with E-state index in [0.29, 0.717) is 0 Å². The van der Waals surface area contributed by atoms with Gasteiger partial charge in [-0.05, 0) is 44.5 Å². The normalized spacial score (nSPS) is 12.2. The number of nitrogens with one attached hydrogen (secondary N) is 2. The molecule has 1 amide bonds.